The number of carbonyl (C=O) groups excluding carboxylic acids is 2. The highest BCUT2D eigenvalue weighted by Gasteiger charge is 2.39. The van der Waals surface area contributed by atoms with Gasteiger partial charge in [-0.1, -0.05) is 61.0 Å². The lowest BCUT2D eigenvalue weighted by molar-refractivity contribution is -0.128. The Morgan fingerprint density at radius 3 is 2.53 bits per heavy atom. The lowest BCUT2D eigenvalue weighted by atomic mass is 10.0. The van der Waals surface area contributed by atoms with E-state index in [1.165, 1.54) is 23.9 Å². The molecule has 1 N–H and O–H groups in total. The Hall–Kier alpha value is -2.83. The Bertz CT molecular complexity index is 1140. The average molecular weight is 469 g/mol. The number of hydrogen-bond acceptors (Lipinski definition) is 3. The fourth-order valence-electron chi connectivity index (χ4n) is 3.61. The molecule has 4 rings (SSSR count). The van der Waals surface area contributed by atoms with Crippen molar-refractivity contribution in [2.75, 3.05) is 4.90 Å². The Labute approximate surface area is 195 Å². The van der Waals surface area contributed by atoms with E-state index < -0.39 is 11.2 Å². The zero-order valence-corrected chi connectivity index (χ0v) is 19.0. The van der Waals surface area contributed by atoms with Gasteiger partial charge in [0.15, 0.2) is 0 Å². The minimum absolute atomic E-state index is 0.140. The van der Waals surface area contributed by atoms with Gasteiger partial charge in [0.05, 0.1) is 18.2 Å². The number of halogens is 2. The standard InChI is InChI=1S/C25H22ClFN2O2S/c1-16(24(30)28-14-18-6-2-3-7-20(18)26)23-25(31)29(15-17-10-12-19(27)13-11-17)21-8-4-5-9-22(21)32-23/h2-13,16,23H,14-15H2,1H3,(H,28,30). The highest BCUT2D eigenvalue weighted by molar-refractivity contribution is 8.01. The molecule has 2 unspecified atom stereocenters. The SMILES string of the molecule is CC(C(=O)NCc1ccccc1Cl)C1Sc2ccccc2N(Cc2ccc(F)cc2)C1=O. The van der Waals surface area contributed by atoms with Crippen molar-refractivity contribution in [3.63, 3.8) is 0 Å². The summed E-state index contributed by atoms with van der Waals surface area (Å²) in [4.78, 5) is 29.0. The third-order valence-electron chi connectivity index (χ3n) is 5.45. The molecule has 0 radical (unpaired) electrons. The summed E-state index contributed by atoms with van der Waals surface area (Å²) in [5.41, 5.74) is 2.43. The summed E-state index contributed by atoms with van der Waals surface area (Å²) >= 11 is 7.59. The van der Waals surface area contributed by atoms with Crippen molar-refractivity contribution >= 4 is 40.9 Å². The summed E-state index contributed by atoms with van der Waals surface area (Å²) in [7, 11) is 0. The minimum atomic E-state index is -0.573. The van der Waals surface area contributed by atoms with Crippen LogP contribution in [0.4, 0.5) is 10.1 Å². The third-order valence-corrected chi connectivity index (χ3v) is 7.28. The van der Waals surface area contributed by atoms with Gasteiger partial charge in [-0.05, 0) is 41.5 Å². The van der Waals surface area contributed by atoms with Crippen molar-refractivity contribution in [1.82, 2.24) is 5.32 Å². The Morgan fingerprint density at radius 1 is 1.09 bits per heavy atom. The van der Waals surface area contributed by atoms with Gasteiger partial charge < -0.3 is 10.2 Å². The maximum atomic E-state index is 13.5. The minimum Gasteiger partial charge on any atom is -0.352 e. The molecule has 164 valence electrons. The highest BCUT2D eigenvalue weighted by atomic mass is 35.5. The molecular formula is C25H22ClFN2O2S. The largest absolute Gasteiger partial charge is 0.352 e. The van der Waals surface area contributed by atoms with Crippen molar-refractivity contribution in [3.05, 3.63) is 94.8 Å². The molecule has 4 nitrogen and oxygen atoms in total. The van der Waals surface area contributed by atoms with Crippen LogP contribution in [0, 0.1) is 11.7 Å². The Morgan fingerprint density at radius 2 is 1.78 bits per heavy atom. The molecule has 7 heteroatoms. The summed E-state index contributed by atoms with van der Waals surface area (Å²) in [6, 6.07) is 21.1. The molecule has 0 bridgehead atoms. The number of hydrogen-bond donors (Lipinski definition) is 1. The number of nitrogens with zero attached hydrogens (tertiary/aromatic N) is 1. The van der Waals surface area contributed by atoms with Crippen molar-refractivity contribution in [1.29, 1.82) is 0 Å². The molecule has 0 saturated heterocycles. The Kier molecular flexibility index (Phi) is 6.82. The molecule has 2 atom stereocenters. The number of thioether (sulfide) groups is 1. The average Bonchev–Trinajstić information content (AvgIpc) is 2.81. The maximum absolute atomic E-state index is 13.5. The van der Waals surface area contributed by atoms with Crippen LogP contribution >= 0.6 is 23.4 Å². The number of nitrogens with one attached hydrogen (secondary N) is 1. The molecule has 0 fully saturated rings. The first kappa shape index (κ1) is 22.4. The van der Waals surface area contributed by atoms with E-state index in [0.29, 0.717) is 18.1 Å². The molecule has 0 aromatic heterocycles. The summed E-state index contributed by atoms with van der Waals surface area (Å²) in [5, 5.41) is 2.92. The third kappa shape index (κ3) is 4.81. The molecule has 1 heterocycles. The second kappa shape index (κ2) is 9.76. The number of benzene rings is 3. The predicted molar refractivity (Wildman–Crippen MR) is 126 cm³/mol. The maximum Gasteiger partial charge on any atom is 0.241 e. The molecular weight excluding hydrogens is 447 g/mol. The number of para-hydroxylation sites is 1. The quantitative estimate of drug-likeness (QED) is 0.524. The van der Waals surface area contributed by atoms with Crippen LogP contribution in [0.3, 0.4) is 0 Å². The van der Waals surface area contributed by atoms with Gasteiger partial charge in [0.2, 0.25) is 11.8 Å². The summed E-state index contributed by atoms with van der Waals surface area (Å²) in [6.07, 6.45) is 0. The van der Waals surface area contributed by atoms with E-state index >= 15 is 0 Å². The van der Waals surface area contributed by atoms with E-state index in [1.807, 2.05) is 42.5 Å². The molecule has 3 aromatic rings. The molecule has 3 aromatic carbocycles. The molecule has 0 aliphatic carbocycles. The molecule has 2 amide bonds. The van der Waals surface area contributed by atoms with Crippen LogP contribution < -0.4 is 10.2 Å². The van der Waals surface area contributed by atoms with Crippen molar-refractivity contribution in [2.24, 2.45) is 5.92 Å². The van der Waals surface area contributed by atoms with Crippen molar-refractivity contribution in [2.45, 2.75) is 30.2 Å². The van der Waals surface area contributed by atoms with Crippen LogP contribution in [-0.2, 0) is 22.7 Å². The normalized spacial score (nSPS) is 16.4. The summed E-state index contributed by atoms with van der Waals surface area (Å²) < 4.78 is 13.3. The Balaban J connectivity index is 1.53. The lowest BCUT2D eigenvalue weighted by Gasteiger charge is -2.35. The molecule has 1 aliphatic heterocycles. The number of rotatable bonds is 6. The number of anilines is 1. The first-order valence-corrected chi connectivity index (χ1v) is 11.5. The van der Waals surface area contributed by atoms with E-state index in [9.17, 15) is 14.0 Å². The van der Waals surface area contributed by atoms with Crippen LogP contribution in [0.5, 0.6) is 0 Å². The van der Waals surface area contributed by atoms with Gasteiger partial charge in [-0.15, -0.1) is 11.8 Å². The van der Waals surface area contributed by atoms with Crippen LogP contribution in [0.2, 0.25) is 5.02 Å². The zero-order valence-electron chi connectivity index (χ0n) is 17.4. The predicted octanol–water partition coefficient (Wildman–Crippen LogP) is 5.44. The second-order valence-electron chi connectivity index (χ2n) is 7.65. The highest BCUT2D eigenvalue weighted by Crippen LogP contribution is 2.42. The van der Waals surface area contributed by atoms with E-state index in [-0.39, 0.29) is 17.6 Å². The molecule has 1 aliphatic rings. The monoisotopic (exact) mass is 468 g/mol. The number of fused-ring (bicyclic) bond motifs is 1. The zero-order chi connectivity index (χ0) is 22.7. The van der Waals surface area contributed by atoms with E-state index in [4.69, 9.17) is 11.6 Å². The summed E-state index contributed by atoms with van der Waals surface area (Å²) in [5.74, 6) is -1.23. The van der Waals surface area contributed by atoms with Crippen LogP contribution in [0.25, 0.3) is 0 Å². The van der Waals surface area contributed by atoms with Crippen LogP contribution in [0.15, 0.2) is 77.7 Å². The van der Waals surface area contributed by atoms with Crippen LogP contribution in [-0.4, -0.2) is 17.1 Å². The number of amides is 2. The van der Waals surface area contributed by atoms with E-state index in [0.717, 1.165) is 21.7 Å². The van der Waals surface area contributed by atoms with Gasteiger partial charge in [0.25, 0.3) is 0 Å². The van der Waals surface area contributed by atoms with Crippen LogP contribution in [0.1, 0.15) is 18.1 Å². The van der Waals surface area contributed by atoms with Gasteiger partial charge in [-0.25, -0.2) is 4.39 Å². The molecule has 32 heavy (non-hydrogen) atoms. The first-order valence-electron chi connectivity index (χ1n) is 10.3. The van der Waals surface area contributed by atoms with Gasteiger partial charge in [0.1, 0.15) is 11.1 Å². The second-order valence-corrected chi connectivity index (χ2v) is 9.25. The van der Waals surface area contributed by atoms with Gasteiger partial charge in [-0.2, -0.15) is 0 Å². The molecule has 0 spiro atoms. The first-order chi connectivity index (χ1) is 15.4. The summed E-state index contributed by atoms with van der Waals surface area (Å²) in [6.45, 7) is 2.37. The van der Waals surface area contributed by atoms with Gasteiger partial charge >= 0.3 is 0 Å². The smallest absolute Gasteiger partial charge is 0.241 e. The van der Waals surface area contributed by atoms with Crippen molar-refractivity contribution < 1.29 is 14.0 Å². The number of carbonyl (C=O) groups is 2. The molecule has 0 saturated carbocycles. The fraction of sp³-hybridized carbons (Fsp3) is 0.200. The topological polar surface area (TPSA) is 49.4 Å². The van der Waals surface area contributed by atoms with Gasteiger partial charge in [0, 0.05) is 16.5 Å². The van der Waals surface area contributed by atoms with E-state index in [1.54, 1.807) is 30.0 Å². The van der Waals surface area contributed by atoms with Crippen molar-refractivity contribution in [3.8, 4) is 0 Å². The van der Waals surface area contributed by atoms with Gasteiger partial charge in [-0.3, -0.25) is 9.59 Å². The fourth-order valence-corrected chi connectivity index (χ4v) is 5.10. The van der Waals surface area contributed by atoms with E-state index in [2.05, 4.69) is 5.32 Å². The lowest BCUT2D eigenvalue weighted by Crippen LogP contribution is -2.47.